The van der Waals surface area contributed by atoms with E-state index in [1.165, 1.54) is 5.69 Å². The molecular weight excluding hydrogens is 306 g/mol. The Morgan fingerprint density at radius 2 is 1.96 bits per heavy atom. The molecule has 2 heterocycles. The van der Waals surface area contributed by atoms with E-state index in [-0.39, 0.29) is 12.0 Å². The quantitative estimate of drug-likeness (QED) is 0.850. The van der Waals surface area contributed by atoms with Gasteiger partial charge in [0.25, 0.3) is 0 Å². The number of β-amino-alcohol motifs (C(OH)–C–C–N with tert-alkyl or cyclic N) is 1. The van der Waals surface area contributed by atoms with Gasteiger partial charge in [0.15, 0.2) is 0 Å². The summed E-state index contributed by atoms with van der Waals surface area (Å²) in [5.74, 6) is 0.0224. The number of aliphatic hydroxyl groups is 1. The van der Waals surface area contributed by atoms with Gasteiger partial charge >= 0.3 is 0 Å². The van der Waals surface area contributed by atoms with E-state index >= 15 is 0 Å². The van der Waals surface area contributed by atoms with Crippen molar-refractivity contribution in [1.29, 1.82) is 0 Å². The molecule has 1 atom stereocenters. The number of rotatable bonds is 5. The fourth-order valence-electron chi connectivity index (χ4n) is 3.29. The average molecular weight is 333 g/mol. The van der Waals surface area contributed by atoms with Gasteiger partial charge in [0.1, 0.15) is 0 Å². The van der Waals surface area contributed by atoms with Crippen LogP contribution in [0.25, 0.3) is 0 Å². The van der Waals surface area contributed by atoms with E-state index in [9.17, 15) is 9.90 Å². The highest BCUT2D eigenvalue weighted by Crippen LogP contribution is 2.19. The molecule has 0 aromatic heterocycles. The molecule has 2 saturated heterocycles. The van der Waals surface area contributed by atoms with Crippen LogP contribution in [0.5, 0.6) is 0 Å². The zero-order valence-electron chi connectivity index (χ0n) is 14.1. The molecule has 1 aromatic rings. The van der Waals surface area contributed by atoms with Crippen LogP contribution in [0.3, 0.4) is 0 Å². The van der Waals surface area contributed by atoms with Gasteiger partial charge in [-0.1, -0.05) is 0 Å². The summed E-state index contributed by atoms with van der Waals surface area (Å²) in [5, 5.41) is 12.6. The molecule has 6 nitrogen and oxygen atoms in total. The first-order valence-corrected chi connectivity index (χ1v) is 8.84. The van der Waals surface area contributed by atoms with E-state index in [1.807, 2.05) is 24.3 Å². The number of carbonyl (C=O) groups excluding carboxylic acids is 1. The summed E-state index contributed by atoms with van der Waals surface area (Å²) in [4.78, 5) is 16.5. The highest BCUT2D eigenvalue weighted by Gasteiger charge is 2.18. The summed E-state index contributed by atoms with van der Waals surface area (Å²) in [5.41, 5.74) is 1.99. The summed E-state index contributed by atoms with van der Waals surface area (Å²) < 4.78 is 5.36. The minimum Gasteiger partial charge on any atom is -0.392 e. The minimum absolute atomic E-state index is 0.0224. The van der Waals surface area contributed by atoms with Crippen LogP contribution in [0, 0.1) is 0 Å². The Hall–Kier alpha value is -1.63. The Kier molecular flexibility index (Phi) is 6.07. The predicted molar refractivity (Wildman–Crippen MR) is 94.4 cm³/mol. The standard InChI is InChI=1S/C18H27N3O3/c22-17-2-1-8-20(14-17)9-7-18(23)19-15-3-5-16(6-4-15)21-10-12-24-13-11-21/h3-6,17,22H,1-2,7-14H2,(H,19,23). The lowest BCUT2D eigenvalue weighted by Gasteiger charge is -2.29. The van der Waals surface area contributed by atoms with Gasteiger partial charge in [-0.3, -0.25) is 4.79 Å². The van der Waals surface area contributed by atoms with Gasteiger partial charge in [-0.2, -0.15) is 0 Å². The van der Waals surface area contributed by atoms with Gasteiger partial charge in [-0.05, 0) is 43.7 Å². The van der Waals surface area contributed by atoms with Gasteiger partial charge < -0.3 is 25.0 Å². The van der Waals surface area contributed by atoms with E-state index in [0.717, 1.165) is 51.4 Å². The highest BCUT2D eigenvalue weighted by atomic mass is 16.5. The SMILES string of the molecule is O=C(CCN1CCCC(O)C1)Nc1ccc(N2CCOCC2)cc1. The van der Waals surface area contributed by atoms with Crippen molar-refractivity contribution in [1.82, 2.24) is 4.90 Å². The number of amides is 1. The van der Waals surface area contributed by atoms with Gasteiger partial charge in [-0.15, -0.1) is 0 Å². The van der Waals surface area contributed by atoms with Crippen LogP contribution in [0.15, 0.2) is 24.3 Å². The maximum atomic E-state index is 12.1. The molecule has 2 aliphatic heterocycles. The summed E-state index contributed by atoms with van der Waals surface area (Å²) in [7, 11) is 0. The number of hydrogen-bond acceptors (Lipinski definition) is 5. The lowest BCUT2D eigenvalue weighted by molar-refractivity contribution is -0.116. The molecule has 24 heavy (non-hydrogen) atoms. The number of aliphatic hydroxyl groups excluding tert-OH is 1. The van der Waals surface area contributed by atoms with Crippen LogP contribution in [0.2, 0.25) is 0 Å². The molecule has 132 valence electrons. The molecule has 2 aliphatic rings. The first-order valence-electron chi connectivity index (χ1n) is 8.84. The number of nitrogens with one attached hydrogen (secondary N) is 1. The van der Waals surface area contributed by atoms with Crippen molar-refractivity contribution in [3.63, 3.8) is 0 Å². The number of anilines is 2. The monoisotopic (exact) mass is 333 g/mol. The molecular formula is C18H27N3O3. The highest BCUT2D eigenvalue weighted by molar-refractivity contribution is 5.91. The van der Waals surface area contributed by atoms with Crippen molar-refractivity contribution in [3.8, 4) is 0 Å². The van der Waals surface area contributed by atoms with E-state index in [0.29, 0.717) is 19.5 Å². The van der Waals surface area contributed by atoms with E-state index in [2.05, 4.69) is 15.1 Å². The van der Waals surface area contributed by atoms with Gasteiger partial charge in [0, 0.05) is 44.0 Å². The van der Waals surface area contributed by atoms with Crippen molar-refractivity contribution in [2.45, 2.75) is 25.4 Å². The second-order valence-electron chi connectivity index (χ2n) is 6.54. The Balaban J connectivity index is 1.44. The topological polar surface area (TPSA) is 65.0 Å². The summed E-state index contributed by atoms with van der Waals surface area (Å²) >= 11 is 0. The summed E-state index contributed by atoms with van der Waals surface area (Å²) in [6.45, 7) is 5.71. The Bertz CT molecular complexity index is 529. The van der Waals surface area contributed by atoms with Crippen LogP contribution in [0.1, 0.15) is 19.3 Å². The molecule has 0 aliphatic carbocycles. The Labute approximate surface area is 143 Å². The molecule has 0 radical (unpaired) electrons. The zero-order valence-corrected chi connectivity index (χ0v) is 14.1. The van der Waals surface area contributed by atoms with Gasteiger partial charge in [0.2, 0.25) is 5.91 Å². The first-order chi connectivity index (χ1) is 11.7. The largest absolute Gasteiger partial charge is 0.392 e. The van der Waals surface area contributed by atoms with Crippen LogP contribution in [0.4, 0.5) is 11.4 Å². The van der Waals surface area contributed by atoms with Crippen molar-refractivity contribution in [3.05, 3.63) is 24.3 Å². The lowest BCUT2D eigenvalue weighted by atomic mass is 10.1. The normalized spacial score (nSPS) is 22.4. The summed E-state index contributed by atoms with van der Waals surface area (Å²) in [6, 6.07) is 7.99. The number of ether oxygens (including phenoxy) is 1. The Morgan fingerprint density at radius 3 is 2.67 bits per heavy atom. The van der Waals surface area contributed by atoms with Crippen LogP contribution in [-0.2, 0) is 9.53 Å². The third-order valence-electron chi connectivity index (χ3n) is 4.66. The molecule has 0 saturated carbocycles. The number of nitrogens with zero attached hydrogens (tertiary/aromatic N) is 2. The molecule has 1 unspecified atom stereocenters. The molecule has 3 rings (SSSR count). The average Bonchev–Trinajstić information content (AvgIpc) is 2.61. The third-order valence-corrected chi connectivity index (χ3v) is 4.66. The van der Waals surface area contributed by atoms with Gasteiger partial charge in [0.05, 0.1) is 19.3 Å². The molecule has 1 amide bonds. The van der Waals surface area contributed by atoms with Crippen LogP contribution >= 0.6 is 0 Å². The molecule has 6 heteroatoms. The maximum Gasteiger partial charge on any atom is 0.225 e. The van der Waals surface area contributed by atoms with Crippen LogP contribution in [-0.4, -0.2) is 68.0 Å². The number of piperidine rings is 1. The molecule has 0 spiro atoms. The Morgan fingerprint density at radius 1 is 1.21 bits per heavy atom. The van der Waals surface area contributed by atoms with Gasteiger partial charge in [-0.25, -0.2) is 0 Å². The molecule has 0 bridgehead atoms. The summed E-state index contributed by atoms with van der Waals surface area (Å²) in [6.07, 6.45) is 2.09. The van der Waals surface area contributed by atoms with Crippen molar-refractivity contribution in [2.75, 3.05) is 56.2 Å². The van der Waals surface area contributed by atoms with Crippen molar-refractivity contribution >= 4 is 17.3 Å². The molecule has 1 aromatic carbocycles. The van der Waals surface area contributed by atoms with E-state index in [1.54, 1.807) is 0 Å². The van der Waals surface area contributed by atoms with Crippen molar-refractivity contribution in [2.24, 2.45) is 0 Å². The number of hydrogen-bond donors (Lipinski definition) is 2. The minimum atomic E-state index is -0.241. The van der Waals surface area contributed by atoms with E-state index < -0.39 is 0 Å². The van der Waals surface area contributed by atoms with Crippen molar-refractivity contribution < 1.29 is 14.6 Å². The first kappa shape index (κ1) is 17.2. The lowest BCUT2D eigenvalue weighted by Crippen LogP contribution is -2.39. The maximum absolute atomic E-state index is 12.1. The number of likely N-dealkylation sites (tertiary alicyclic amines) is 1. The molecule has 2 fully saturated rings. The number of carbonyl (C=O) groups is 1. The van der Waals surface area contributed by atoms with E-state index in [4.69, 9.17) is 4.74 Å². The van der Waals surface area contributed by atoms with Crippen LogP contribution < -0.4 is 10.2 Å². The molecule has 2 N–H and O–H groups in total. The second kappa shape index (κ2) is 8.46. The second-order valence-corrected chi connectivity index (χ2v) is 6.54. The predicted octanol–water partition coefficient (Wildman–Crippen LogP) is 1.31. The number of morpholine rings is 1. The fraction of sp³-hybridized carbons (Fsp3) is 0.611. The number of benzene rings is 1. The fourth-order valence-corrected chi connectivity index (χ4v) is 3.29. The third kappa shape index (κ3) is 4.93. The zero-order chi connectivity index (χ0) is 16.8. The smallest absolute Gasteiger partial charge is 0.225 e.